The zero-order valence-electron chi connectivity index (χ0n) is 10.1. The number of rotatable bonds is 3. The predicted molar refractivity (Wildman–Crippen MR) is 77.4 cm³/mol. The molecule has 3 nitrogen and oxygen atoms in total. The van der Waals surface area contributed by atoms with Crippen LogP contribution >= 0.6 is 15.9 Å². The summed E-state index contributed by atoms with van der Waals surface area (Å²) in [6.07, 6.45) is 3.84. The number of aromatic nitrogens is 2. The molecule has 19 heavy (non-hydrogen) atoms. The number of halogens is 1. The SMILES string of the molecule is O=C(Cc1ccccc1Br)c1cnn2ccccc12. The number of carbonyl (C=O) groups excluding carboxylic acids is 1. The molecule has 0 saturated carbocycles. The zero-order chi connectivity index (χ0) is 13.2. The summed E-state index contributed by atoms with van der Waals surface area (Å²) in [4.78, 5) is 12.4. The van der Waals surface area contributed by atoms with E-state index in [9.17, 15) is 4.79 Å². The van der Waals surface area contributed by atoms with Gasteiger partial charge in [-0.3, -0.25) is 4.79 Å². The van der Waals surface area contributed by atoms with E-state index >= 15 is 0 Å². The minimum Gasteiger partial charge on any atom is -0.294 e. The van der Waals surface area contributed by atoms with E-state index < -0.39 is 0 Å². The number of ketones is 1. The third-order valence-electron chi connectivity index (χ3n) is 3.04. The molecular weight excluding hydrogens is 304 g/mol. The Bertz CT molecular complexity index is 748. The summed E-state index contributed by atoms with van der Waals surface area (Å²) in [5, 5.41) is 4.19. The van der Waals surface area contributed by atoms with Gasteiger partial charge in [0.2, 0.25) is 0 Å². The summed E-state index contributed by atoms with van der Waals surface area (Å²) in [5.41, 5.74) is 2.50. The molecule has 0 fully saturated rings. The van der Waals surface area contributed by atoms with Gasteiger partial charge in [0.1, 0.15) is 0 Å². The highest BCUT2D eigenvalue weighted by molar-refractivity contribution is 9.10. The first kappa shape index (κ1) is 12.1. The second kappa shape index (κ2) is 4.97. The summed E-state index contributed by atoms with van der Waals surface area (Å²) in [6, 6.07) is 13.5. The van der Waals surface area contributed by atoms with Crippen LogP contribution in [0.25, 0.3) is 5.52 Å². The van der Waals surface area contributed by atoms with E-state index in [1.54, 1.807) is 10.7 Å². The van der Waals surface area contributed by atoms with Crippen molar-refractivity contribution in [1.29, 1.82) is 0 Å². The van der Waals surface area contributed by atoms with Crippen LogP contribution in [-0.4, -0.2) is 15.4 Å². The van der Waals surface area contributed by atoms with Gasteiger partial charge in [-0.05, 0) is 23.8 Å². The van der Waals surface area contributed by atoms with Crippen LogP contribution < -0.4 is 0 Å². The first-order chi connectivity index (χ1) is 9.25. The summed E-state index contributed by atoms with van der Waals surface area (Å²) >= 11 is 3.46. The van der Waals surface area contributed by atoms with Crippen molar-refractivity contribution >= 4 is 27.2 Å². The molecule has 0 bridgehead atoms. The molecule has 0 radical (unpaired) electrons. The number of hydrogen-bond donors (Lipinski definition) is 0. The second-order valence-corrected chi connectivity index (χ2v) is 5.13. The van der Waals surface area contributed by atoms with Crippen molar-refractivity contribution < 1.29 is 4.79 Å². The van der Waals surface area contributed by atoms with Crippen molar-refractivity contribution in [2.75, 3.05) is 0 Å². The maximum Gasteiger partial charge on any atom is 0.171 e. The van der Waals surface area contributed by atoms with E-state index in [0.29, 0.717) is 12.0 Å². The quantitative estimate of drug-likeness (QED) is 0.693. The van der Waals surface area contributed by atoms with Gasteiger partial charge in [0.25, 0.3) is 0 Å². The number of hydrogen-bond acceptors (Lipinski definition) is 2. The molecule has 0 aliphatic carbocycles. The number of Topliss-reactive ketones (excluding diaryl/α,β-unsaturated/α-hetero) is 1. The lowest BCUT2D eigenvalue weighted by atomic mass is 10.0. The van der Waals surface area contributed by atoms with Crippen LogP contribution in [0.1, 0.15) is 15.9 Å². The standard InChI is InChI=1S/C15H11BrN2O/c16-13-6-2-1-5-11(13)9-15(19)12-10-17-18-8-4-3-7-14(12)18/h1-8,10H,9H2. The number of carbonyl (C=O) groups is 1. The molecule has 0 amide bonds. The van der Waals surface area contributed by atoms with E-state index in [4.69, 9.17) is 0 Å². The normalized spacial score (nSPS) is 10.8. The topological polar surface area (TPSA) is 34.4 Å². The first-order valence-corrected chi connectivity index (χ1v) is 6.74. The number of benzene rings is 1. The number of nitrogens with zero attached hydrogens (tertiary/aromatic N) is 2. The molecule has 3 aromatic rings. The lowest BCUT2D eigenvalue weighted by Gasteiger charge is -2.02. The van der Waals surface area contributed by atoms with Crippen LogP contribution in [-0.2, 0) is 6.42 Å². The first-order valence-electron chi connectivity index (χ1n) is 5.94. The van der Waals surface area contributed by atoms with Gasteiger partial charge < -0.3 is 0 Å². The van der Waals surface area contributed by atoms with E-state index in [-0.39, 0.29) is 5.78 Å². The highest BCUT2D eigenvalue weighted by Gasteiger charge is 2.13. The van der Waals surface area contributed by atoms with Gasteiger partial charge in [0, 0.05) is 17.1 Å². The van der Waals surface area contributed by atoms with Crippen molar-refractivity contribution in [3.8, 4) is 0 Å². The fraction of sp³-hybridized carbons (Fsp3) is 0.0667. The third-order valence-corrected chi connectivity index (χ3v) is 3.81. The molecule has 0 saturated heterocycles. The van der Waals surface area contributed by atoms with E-state index in [1.807, 2.05) is 48.7 Å². The zero-order valence-corrected chi connectivity index (χ0v) is 11.7. The highest BCUT2D eigenvalue weighted by Crippen LogP contribution is 2.19. The average Bonchev–Trinajstić information content (AvgIpc) is 2.85. The van der Waals surface area contributed by atoms with Gasteiger partial charge in [-0.15, -0.1) is 0 Å². The van der Waals surface area contributed by atoms with Crippen molar-refractivity contribution in [2.45, 2.75) is 6.42 Å². The molecule has 2 heterocycles. The Labute approximate surface area is 119 Å². The van der Waals surface area contributed by atoms with Crippen molar-refractivity contribution in [1.82, 2.24) is 9.61 Å². The third kappa shape index (κ3) is 2.31. The molecule has 94 valence electrons. The lowest BCUT2D eigenvalue weighted by molar-refractivity contribution is 0.0994. The monoisotopic (exact) mass is 314 g/mol. The van der Waals surface area contributed by atoms with Gasteiger partial charge in [0.15, 0.2) is 5.78 Å². The molecule has 0 aliphatic heterocycles. The fourth-order valence-corrected chi connectivity index (χ4v) is 2.48. The fourth-order valence-electron chi connectivity index (χ4n) is 2.06. The van der Waals surface area contributed by atoms with Crippen LogP contribution in [0.5, 0.6) is 0 Å². The predicted octanol–water partition coefficient (Wildman–Crippen LogP) is 3.52. The molecule has 3 rings (SSSR count). The summed E-state index contributed by atoms with van der Waals surface area (Å²) in [7, 11) is 0. The van der Waals surface area contributed by atoms with Gasteiger partial charge in [0.05, 0.1) is 17.3 Å². The van der Waals surface area contributed by atoms with Gasteiger partial charge in [-0.1, -0.05) is 40.2 Å². The van der Waals surface area contributed by atoms with Crippen LogP contribution in [0.4, 0.5) is 0 Å². The van der Waals surface area contributed by atoms with Gasteiger partial charge in [-0.2, -0.15) is 5.10 Å². The Balaban J connectivity index is 1.95. The minimum atomic E-state index is 0.0769. The average molecular weight is 315 g/mol. The Morgan fingerprint density at radius 1 is 1.16 bits per heavy atom. The Morgan fingerprint density at radius 3 is 2.79 bits per heavy atom. The molecule has 0 spiro atoms. The summed E-state index contributed by atoms with van der Waals surface area (Å²) in [6.45, 7) is 0. The second-order valence-electron chi connectivity index (χ2n) is 4.28. The van der Waals surface area contributed by atoms with Crippen molar-refractivity contribution in [3.05, 3.63) is 70.5 Å². The van der Waals surface area contributed by atoms with Crippen LogP contribution in [0.3, 0.4) is 0 Å². The summed E-state index contributed by atoms with van der Waals surface area (Å²) < 4.78 is 2.67. The van der Waals surface area contributed by atoms with E-state index in [2.05, 4.69) is 21.0 Å². The molecule has 1 aromatic carbocycles. The van der Waals surface area contributed by atoms with Crippen molar-refractivity contribution in [2.24, 2.45) is 0 Å². The van der Waals surface area contributed by atoms with E-state index in [0.717, 1.165) is 15.6 Å². The maximum absolute atomic E-state index is 12.4. The maximum atomic E-state index is 12.4. The van der Waals surface area contributed by atoms with Crippen LogP contribution in [0.2, 0.25) is 0 Å². The molecule has 0 unspecified atom stereocenters. The van der Waals surface area contributed by atoms with Crippen molar-refractivity contribution in [3.63, 3.8) is 0 Å². The smallest absolute Gasteiger partial charge is 0.171 e. The van der Waals surface area contributed by atoms with Crippen LogP contribution in [0, 0.1) is 0 Å². The lowest BCUT2D eigenvalue weighted by Crippen LogP contribution is -2.03. The van der Waals surface area contributed by atoms with Crippen LogP contribution in [0.15, 0.2) is 59.3 Å². The minimum absolute atomic E-state index is 0.0769. The Hall–Kier alpha value is -1.94. The molecule has 0 aliphatic rings. The van der Waals surface area contributed by atoms with Gasteiger partial charge >= 0.3 is 0 Å². The Kier molecular flexibility index (Phi) is 3.17. The Morgan fingerprint density at radius 2 is 1.95 bits per heavy atom. The summed E-state index contributed by atoms with van der Waals surface area (Å²) in [5.74, 6) is 0.0769. The number of pyridine rings is 1. The highest BCUT2D eigenvalue weighted by atomic mass is 79.9. The molecule has 4 heteroatoms. The van der Waals surface area contributed by atoms with Gasteiger partial charge in [-0.25, -0.2) is 4.52 Å². The largest absolute Gasteiger partial charge is 0.294 e. The molecule has 0 atom stereocenters. The van der Waals surface area contributed by atoms with E-state index in [1.165, 1.54) is 0 Å². The number of fused-ring (bicyclic) bond motifs is 1. The molecule has 0 N–H and O–H groups in total. The molecular formula is C15H11BrN2O. The molecule has 2 aromatic heterocycles.